The second-order valence-electron chi connectivity index (χ2n) is 9.37. The lowest BCUT2D eigenvalue weighted by Crippen LogP contribution is -2.82. The van der Waals surface area contributed by atoms with Crippen LogP contribution in [0.25, 0.3) is 0 Å². The molecule has 0 bridgehead atoms. The highest BCUT2D eigenvalue weighted by Crippen LogP contribution is 2.40. The molecule has 2 atom stereocenters. The van der Waals surface area contributed by atoms with Gasteiger partial charge in [-0.15, -0.1) is 0 Å². The van der Waals surface area contributed by atoms with Crippen LogP contribution in [0.3, 0.4) is 0 Å². The molecule has 2 N–H and O–H groups in total. The minimum absolute atomic E-state index is 0.0223. The molecule has 164 valence electrons. The third kappa shape index (κ3) is 6.23. The zero-order valence-corrected chi connectivity index (χ0v) is 19.4. The molecule has 30 heavy (non-hydrogen) atoms. The van der Waals surface area contributed by atoms with E-state index in [0.29, 0.717) is 11.8 Å². The maximum absolute atomic E-state index is 6.00. The normalized spacial score (nSPS) is 19.3. The van der Waals surface area contributed by atoms with Crippen LogP contribution in [0.5, 0.6) is 5.75 Å². The molecule has 0 saturated carbocycles. The van der Waals surface area contributed by atoms with Gasteiger partial charge in [-0.3, -0.25) is 0 Å². The molecule has 0 aromatic heterocycles. The molecule has 0 radical (unpaired) electrons. The van der Waals surface area contributed by atoms with Crippen LogP contribution < -0.4 is 15.0 Å². The Morgan fingerprint density at radius 1 is 1.10 bits per heavy atom. The van der Waals surface area contributed by atoms with Gasteiger partial charge < -0.3 is 19.7 Å². The molecule has 4 heteroatoms. The number of benzene rings is 2. The van der Waals surface area contributed by atoms with E-state index >= 15 is 0 Å². The summed E-state index contributed by atoms with van der Waals surface area (Å²) >= 11 is 0. The molecule has 4 nitrogen and oxygen atoms in total. The molecule has 0 amide bonds. The summed E-state index contributed by atoms with van der Waals surface area (Å²) in [4.78, 5) is 2.14. The largest absolute Gasteiger partial charge is 0.497 e. The summed E-state index contributed by atoms with van der Waals surface area (Å²) in [6, 6.07) is 17.6. The van der Waals surface area contributed by atoms with Gasteiger partial charge in [0.15, 0.2) is 0 Å². The first-order valence-corrected chi connectivity index (χ1v) is 11.2. The van der Waals surface area contributed by atoms with E-state index in [-0.39, 0.29) is 5.60 Å². The number of nitrogens with two attached hydrogens (primary N) is 1. The van der Waals surface area contributed by atoms with Crippen molar-refractivity contribution in [1.82, 2.24) is 0 Å². The number of nitrogens with zero attached hydrogens (tertiary/aromatic N) is 1. The molecule has 3 rings (SSSR count). The van der Waals surface area contributed by atoms with Crippen molar-refractivity contribution in [2.75, 3.05) is 39.3 Å². The van der Waals surface area contributed by atoms with Gasteiger partial charge in [-0.25, -0.2) is 0 Å². The van der Waals surface area contributed by atoms with Gasteiger partial charge in [-0.05, 0) is 68.4 Å². The number of quaternary nitrogens is 1. The first-order valence-electron chi connectivity index (χ1n) is 11.2. The molecule has 0 unspecified atom stereocenters. The lowest BCUT2D eigenvalue weighted by molar-refractivity contribution is -0.671. The maximum atomic E-state index is 6.00. The van der Waals surface area contributed by atoms with Gasteiger partial charge in [-0.2, -0.15) is 0 Å². The van der Waals surface area contributed by atoms with Crippen molar-refractivity contribution in [2.24, 2.45) is 5.92 Å². The Morgan fingerprint density at radius 2 is 1.80 bits per heavy atom. The van der Waals surface area contributed by atoms with E-state index in [0.717, 1.165) is 38.3 Å². The van der Waals surface area contributed by atoms with Crippen LogP contribution in [-0.2, 0) is 11.3 Å². The summed E-state index contributed by atoms with van der Waals surface area (Å²) in [6.07, 6.45) is 3.45. The molecule has 1 saturated heterocycles. The Bertz CT molecular complexity index is 769. The van der Waals surface area contributed by atoms with Gasteiger partial charge in [0, 0.05) is 38.4 Å². The summed E-state index contributed by atoms with van der Waals surface area (Å²) in [7, 11) is 5.89. The van der Waals surface area contributed by atoms with Crippen LogP contribution >= 0.6 is 0 Å². The first kappa shape index (κ1) is 22.6. The van der Waals surface area contributed by atoms with E-state index in [9.17, 15) is 0 Å². The molecule has 2 aromatic carbocycles. The fourth-order valence-corrected chi connectivity index (χ4v) is 4.64. The van der Waals surface area contributed by atoms with E-state index in [1.165, 1.54) is 23.2 Å². The van der Waals surface area contributed by atoms with E-state index in [2.05, 4.69) is 86.7 Å². The molecule has 1 heterocycles. The zero-order chi connectivity index (χ0) is 21.6. The van der Waals surface area contributed by atoms with Crippen molar-refractivity contribution in [2.45, 2.75) is 51.2 Å². The predicted octanol–water partition coefficient (Wildman–Crippen LogP) is 4.20. The molecular weight excluding hydrogens is 372 g/mol. The zero-order valence-electron chi connectivity index (χ0n) is 19.4. The average Bonchev–Trinajstić information content (AvgIpc) is 2.73. The summed E-state index contributed by atoms with van der Waals surface area (Å²) in [5.74, 6) is 2.15. The van der Waals surface area contributed by atoms with E-state index in [1.807, 2.05) is 0 Å². The molecule has 1 aliphatic heterocycles. The smallest absolute Gasteiger partial charge is 0.118 e. The van der Waals surface area contributed by atoms with Crippen LogP contribution in [-0.4, -0.2) is 40.0 Å². The highest BCUT2D eigenvalue weighted by molar-refractivity contribution is 5.45. The van der Waals surface area contributed by atoms with Gasteiger partial charge in [0.2, 0.25) is 0 Å². The summed E-state index contributed by atoms with van der Waals surface area (Å²) in [5.41, 5.74) is 4.04. The minimum Gasteiger partial charge on any atom is -0.497 e. The predicted molar refractivity (Wildman–Crippen MR) is 124 cm³/mol. The van der Waals surface area contributed by atoms with Crippen LogP contribution in [0, 0.1) is 5.92 Å². The number of anilines is 1. The van der Waals surface area contributed by atoms with Crippen molar-refractivity contribution in [3.63, 3.8) is 0 Å². The Balaban J connectivity index is 1.61. The molecule has 2 aromatic rings. The molecule has 1 fully saturated rings. The molecule has 0 aliphatic carbocycles. The number of hydrogen-bond donors (Lipinski definition) is 1. The van der Waals surface area contributed by atoms with Gasteiger partial charge in [0.25, 0.3) is 0 Å². The van der Waals surface area contributed by atoms with Crippen molar-refractivity contribution < 1.29 is 14.8 Å². The SMILES string of the molecule is COc1ccc([C@@H](CC[NH2+]Cc2ccc(N(C)C)cc2)[C@H]2CCOC(C)(C)C2)cc1. The Labute approximate surface area is 182 Å². The topological polar surface area (TPSA) is 38.3 Å². The van der Waals surface area contributed by atoms with Gasteiger partial charge >= 0.3 is 0 Å². The van der Waals surface area contributed by atoms with E-state index < -0.39 is 0 Å². The molecule has 1 aliphatic rings. The lowest BCUT2D eigenvalue weighted by atomic mass is 9.75. The van der Waals surface area contributed by atoms with Gasteiger partial charge in [0.1, 0.15) is 12.3 Å². The number of methoxy groups -OCH3 is 1. The van der Waals surface area contributed by atoms with Crippen molar-refractivity contribution in [3.8, 4) is 5.75 Å². The molecule has 0 spiro atoms. The lowest BCUT2D eigenvalue weighted by Gasteiger charge is -2.39. The van der Waals surface area contributed by atoms with Crippen LogP contribution in [0.15, 0.2) is 48.5 Å². The second kappa shape index (κ2) is 10.3. The van der Waals surface area contributed by atoms with Crippen molar-refractivity contribution in [3.05, 3.63) is 59.7 Å². The fourth-order valence-electron chi connectivity index (χ4n) is 4.64. The Kier molecular flexibility index (Phi) is 7.79. The summed E-state index contributed by atoms with van der Waals surface area (Å²) in [6.45, 7) is 7.49. The van der Waals surface area contributed by atoms with Crippen molar-refractivity contribution >= 4 is 5.69 Å². The summed E-state index contributed by atoms with van der Waals surface area (Å²) < 4.78 is 11.4. The van der Waals surface area contributed by atoms with E-state index in [4.69, 9.17) is 9.47 Å². The maximum Gasteiger partial charge on any atom is 0.118 e. The second-order valence-corrected chi connectivity index (χ2v) is 9.37. The van der Waals surface area contributed by atoms with E-state index in [1.54, 1.807) is 7.11 Å². The first-order chi connectivity index (χ1) is 14.4. The Hall–Kier alpha value is -2.04. The van der Waals surface area contributed by atoms with Crippen LogP contribution in [0.2, 0.25) is 0 Å². The molecular formula is C26H39N2O2+. The third-order valence-corrected chi connectivity index (χ3v) is 6.36. The number of ether oxygens (including phenoxy) is 2. The van der Waals surface area contributed by atoms with Crippen molar-refractivity contribution in [1.29, 1.82) is 0 Å². The quantitative estimate of drug-likeness (QED) is 0.629. The van der Waals surface area contributed by atoms with Gasteiger partial charge in [0.05, 0.1) is 19.3 Å². The van der Waals surface area contributed by atoms with Crippen LogP contribution in [0.1, 0.15) is 50.2 Å². The highest BCUT2D eigenvalue weighted by Gasteiger charge is 2.34. The summed E-state index contributed by atoms with van der Waals surface area (Å²) in [5, 5.41) is 2.45. The third-order valence-electron chi connectivity index (χ3n) is 6.36. The van der Waals surface area contributed by atoms with Crippen LogP contribution in [0.4, 0.5) is 5.69 Å². The monoisotopic (exact) mass is 411 g/mol. The number of hydrogen-bond acceptors (Lipinski definition) is 3. The highest BCUT2D eigenvalue weighted by atomic mass is 16.5. The minimum atomic E-state index is -0.0223. The number of rotatable bonds is 9. The standard InChI is InChI=1S/C26H38N2O2/c1-26(2)18-22(15-17-30-26)25(21-8-12-24(29-5)13-9-21)14-16-27-19-20-6-10-23(11-7-20)28(3)4/h6-13,22,25,27H,14-19H2,1-5H3/p+1/t22-,25+/m0/s1. The Morgan fingerprint density at radius 3 is 2.40 bits per heavy atom. The fraction of sp³-hybridized carbons (Fsp3) is 0.538. The van der Waals surface area contributed by atoms with Gasteiger partial charge in [-0.1, -0.05) is 24.3 Å². The average molecular weight is 412 g/mol.